The fraction of sp³-hybridized carbons (Fsp3) is 0.320. The standard InChI is InChI=1S/C25H28N2O3/c26-23-13-14-24(22-8-3-2-7-21(22)23)30-25(28)19-9-11-20(12-10-19)29-18-6-17-27-15-4-1-5-16-27/h2-3,7-14H,1,4-6,15-18,26H2. The average molecular weight is 405 g/mol. The van der Waals surface area contributed by atoms with E-state index in [4.69, 9.17) is 15.2 Å². The van der Waals surface area contributed by atoms with Crippen molar-refractivity contribution in [1.82, 2.24) is 4.90 Å². The first-order chi connectivity index (χ1) is 14.7. The molecule has 0 spiro atoms. The normalized spacial score (nSPS) is 14.5. The van der Waals surface area contributed by atoms with Gasteiger partial charge in [-0.1, -0.05) is 30.7 Å². The van der Waals surface area contributed by atoms with E-state index in [2.05, 4.69) is 4.90 Å². The van der Waals surface area contributed by atoms with Crippen LogP contribution in [0.3, 0.4) is 0 Å². The maximum atomic E-state index is 12.6. The van der Waals surface area contributed by atoms with Crippen molar-refractivity contribution in [2.75, 3.05) is 32.0 Å². The molecule has 0 bridgehead atoms. The highest BCUT2D eigenvalue weighted by Crippen LogP contribution is 2.30. The lowest BCUT2D eigenvalue weighted by Gasteiger charge is -2.26. The highest BCUT2D eigenvalue weighted by Gasteiger charge is 2.13. The van der Waals surface area contributed by atoms with Gasteiger partial charge < -0.3 is 20.1 Å². The molecule has 3 aromatic rings. The average Bonchev–Trinajstić information content (AvgIpc) is 2.80. The monoisotopic (exact) mass is 404 g/mol. The second-order valence-electron chi connectivity index (χ2n) is 7.72. The number of likely N-dealkylation sites (tertiary alicyclic amines) is 1. The maximum absolute atomic E-state index is 12.6. The minimum absolute atomic E-state index is 0.401. The van der Waals surface area contributed by atoms with E-state index in [9.17, 15) is 4.79 Å². The molecule has 1 aliphatic rings. The van der Waals surface area contributed by atoms with E-state index in [1.54, 1.807) is 24.3 Å². The summed E-state index contributed by atoms with van der Waals surface area (Å²) in [5.41, 5.74) is 7.16. The SMILES string of the molecule is Nc1ccc(OC(=O)c2ccc(OCCCN3CCCCC3)cc2)c2ccccc12. The summed E-state index contributed by atoms with van der Waals surface area (Å²) in [7, 11) is 0. The lowest BCUT2D eigenvalue weighted by molar-refractivity contribution is 0.0737. The molecular formula is C25H28N2O3. The van der Waals surface area contributed by atoms with Crippen LogP contribution in [0.1, 0.15) is 36.0 Å². The van der Waals surface area contributed by atoms with Crippen molar-refractivity contribution < 1.29 is 14.3 Å². The van der Waals surface area contributed by atoms with Gasteiger partial charge in [0.25, 0.3) is 0 Å². The molecular weight excluding hydrogens is 376 g/mol. The van der Waals surface area contributed by atoms with Crippen molar-refractivity contribution in [3.05, 3.63) is 66.2 Å². The van der Waals surface area contributed by atoms with Crippen molar-refractivity contribution in [1.29, 1.82) is 0 Å². The fourth-order valence-electron chi connectivity index (χ4n) is 3.89. The van der Waals surface area contributed by atoms with E-state index in [1.807, 2.05) is 36.4 Å². The molecule has 1 fully saturated rings. The minimum Gasteiger partial charge on any atom is -0.494 e. The molecule has 0 unspecified atom stereocenters. The van der Waals surface area contributed by atoms with Gasteiger partial charge in [-0.2, -0.15) is 0 Å². The van der Waals surface area contributed by atoms with E-state index in [0.717, 1.165) is 29.5 Å². The molecule has 0 radical (unpaired) electrons. The van der Waals surface area contributed by atoms with Crippen LogP contribution in [0.2, 0.25) is 0 Å². The van der Waals surface area contributed by atoms with Crippen LogP contribution >= 0.6 is 0 Å². The lowest BCUT2D eigenvalue weighted by atomic mass is 10.1. The molecule has 0 atom stereocenters. The molecule has 2 N–H and O–H groups in total. The van der Waals surface area contributed by atoms with Gasteiger partial charge in [0, 0.05) is 23.0 Å². The van der Waals surface area contributed by atoms with Gasteiger partial charge in [-0.25, -0.2) is 4.79 Å². The molecule has 3 aromatic carbocycles. The molecule has 0 aromatic heterocycles. The number of rotatable bonds is 7. The second-order valence-corrected chi connectivity index (χ2v) is 7.72. The van der Waals surface area contributed by atoms with Crippen LogP contribution in [-0.2, 0) is 0 Å². The largest absolute Gasteiger partial charge is 0.494 e. The molecule has 156 valence electrons. The molecule has 1 heterocycles. The summed E-state index contributed by atoms with van der Waals surface area (Å²) < 4.78 is 11.5. The Bertz CT molecular complexity index is 995. The van der Waals surface area contributed by atoms with E-state index in [-0.39, 0.29) is 0 Å². The van der Waals surface area contributed by atoms with E-state index in [0.29, 0.717) is 23.6 Å². The maximum Gasteiger partial charge on any atom is 0.343 e. The predicted molar refractivity (Wildman–Crippen MR) is 120 cm³/mol. The topological polar surface area (TPSA) is 64.8 Å². The summed E-state index contributed by atoms with van der Waals surface area (Å²) in [6, 6.07) is 18.2. The van der Waals surface area contributed by atoms with Crippen molar-refractivity contribution in [3.63, 3.8) is 0 Å². The van der Waals surface area contributed by atoms with Crippen LogP contribution in [0.15, 0.2) is 60.7 Å². The van der Waals surface area contributed by atoms with Crippen LogP contribution in [0, 0.1) is 0 Å². The Labute approximate surface area is 177 Å². The molecule has 5 heteroatoms. The number of fused-ring (bicyclic) bond motifs is 1. The van der Waals surface area contributed by atoms with Crippen molar-refractivity contribution in [2.24, 2.45) is 0 Å². The number of hydrogen-bond donors (Lipinski definition) is 1. The van der Waals surface area contributed by atoms with Crippen molar-refractivity contribution in [3.8, 4) is 11.5 Å². The first kappa shape index (κ1) is 20.2. The Morgan fingerprint density at radius 1 is 0.900 bits per heavy atom. The molecule has 1 saturated heterocycles. The van der Waals surface area contributed by atoms with Crippen LogP contribution in [0.5, 0.6) is 11.5 Å². The summed E-state index contributed by atoms with van der Waals surface area (Å²) in [4.78, 5) is 15.1. The zero-order valence-corrected chi connectivity index (χ0v) is 17.2. The Balaban J connectivity index is 1.31. The van der Waals surface area contributed by atoms with Crippen molar-refractivity contribution >= 4 is 22.4 Å². The van der Waals surface area contributed by atoms with Crippen LogP contribution < -0.4 is 15.2 Å². The highest BCUT2D eigenvalue weighted by atomic mass is 16.5. The first-order valence-corrected chi connectivity index (χ1v) is 10.7. The summed E-state index contributed by atoms with van der Waals surface area (Å²) in [5.74, 6) is 0.868. The zero-order chi connectivity index (χ0) is 20.8. The number of carbonyl (C=O) groups is 1. The number of hydrogen-bond acceptors (Lipinski definition) is 5. The molecule has 0 amide bonds. The second kappa shape index (κ2) is 9.63. The van der Waals surface area contributed by atoms with Crippen LogP contribution in [0.25, 0.3) is 10.8 Å². The van der Waals surface area contributed by atoms with Crippen molar-refractivity contribution in [2.45, 2.75) is 25.7 Å². The fourth-order valence-corrected chi connectivity index (χ4v) is 3.89. The summed E-state index contributed by atoms with van der Waals surface area (Å²) in [6.07, 6.45) is 4.99. The molecule has 0 saturated carbocycles. The minimum atomic E-state index is -0.401. The van der Waals surface area contributed by atoms with Gasteiger partial charge in [0.2, 0.25) is 0 Å². The smallest absolute Gasteiger partial charge is 0.343 e. The Morgan fingerprint density at radius 3 is 2.40 bits per heavy atom. The highest BCUT2D eigenvalue weighted by molar-refractivity contribution is 6.00. The first-order valence-electron chi connectivity index (χ1n) is 10.7. The molecule has 0 aliphatic carbocycles. The number of esters is 1. The molecule has 30 heavy (non-hydrogen) atoms. The zero-order valence-electron chi connectivity index (χ0n) is 17.2. The molecule has 4 rings (SSSR count). The summed E-state index contributed by atoms with van der Waals surface area (Å²) in [5, 5.41) is 1.69. The molecule has 1 aliphatic heterocycles. The lowest BCUT2D eigenvalue weighted by Crippen LogP contribution is -2.31. The number of nitrogen functional groups attached to an aromatic ring is 1. The van der Waals surface area contributed by atoms with Gasteiger partial charge in [-0.15, -0.1) is 0 Å². The number of anilines is 1. The Hall–Kier alpha value is -3.05. The van der Waals surface area contributed by atoms with Gasteiger partial charge in [0.1, 0.15) is 11.5 Å². The molecule has 5 nitrogen and oxygen atoms in total. The number of benzene rings is 3. The quantitative estimate of drug-likeness (QED) is 0.263. The number of nitrogens with zero attached hydrogens (tertiary/aromatic N) is 1. The van der Waals surface area contributed by atoms with Crippen LogP contribution in [0.4, 0.5) is 5.69 Å². The third kappa shape index (κ3) is 4.92. The van der Waals surface area contributed by atoms with Gasteiger partial charge >= 0.3 is 5.97 Å². The summed E-state index contributed by atoms with van der Waals surface area (Å²) >= 11 is 0. The Morgan fingerprint density at radius 2 is 1.63 bits per heavy atom. The van der Waals surface area contributed by atoms with Gasteiger partial charge in [0.05, 0.1) is 12.2 Å². The van der Waals surface area contributed by atoms with Gasteiger partial charge in [-0.3, -0.25) is 0 Å². The predicted octanol–water partition coefficient (Wildman–Crippen LogP) is 4.90. The van der Waals surface area contributed by atoms with Gasteiger partial charge in [-0.05, 0) is 68.8 Å². The van der Waals surface area contributed by atoms with E-state index < -0.39 is 5.97 Å². The van der Waals surface area contributed by atoms with Crippen LogP contribution in [-0.4, -0.2) is 37.1 Å². The summed E-state index contributed by atoms with van der Waals surface area (Å²) in [6.45, 7) is 4.18. The van der Waals surface area contributed by atoms with E-state index >= 15 is 0 Å². The number of nitrogens with two attached hydrogens (primary N) is 1. The third-order valence-electron chi connectivity index (χ3n) is 5.55. The van der Waals surface area contributed by atoms with E-state index in [1.165, 1.54) is 32.4 Å². The number of ether oxygens (including phenoxy) is 2. The number of carbonyl (C=O) groups excluding carboxylic acids is 1. The van der Waals surface area contributed by atoms with Gasteiger partial charge in [0.15, 0.2) is 0 Å². The number of piperidine rings is 1. The Kier molecular flexibility index (Phi) is 6.50. The third-order valence-corrected chi connectivity index (χ3v) is 5.55.